The zero-order chi connectivity index (χ0) is 12.0. The van der Waals surface area contributed by atoms with Crippen LogP contribution in [-0.4, -0.2) is 25.0 Å². The van der Waals surface area contributed by atoms with Crippen LogP contribution in [-0.2, 0) is 4.79 Å². The summed E-state index contributed by atoms with van der Waals surface area (Å²) in [6.07, 6.45) is 5.94. The Bertz CT molecular complexity index is 216. The molecule has 1 fully saturated rings. The van der Waals surface area contributed by atoms with Gasteiger partial charge in [0.2, 0.25) is 5.91 Å². The van der Waals surface area contributed by atoms with E-state index in [1.54, 1.807) is 0 Å². The van der Waals surface area contributed by atoms with Crippen LogP contribution in [0.15, 0.2) is 0 Å². The van der Waals surface area contributed by atoms with E-state index in [0.29, 0.717) is 18.0 Å². The van der Waals surface area contributed by atoms with E-state index in [4.69, 9.17) is 0 Å². The molecule has 1 amide bonds. The second-order valence-electron chi connectivity index (χ2n) is 5.67. The Morgan fingerprint density at radius 1 is 1.31 bits per heavy atom. The summed E-state index contributed by atoms with van der Waals surface area (Å²) in [6, 6.07) is 0.542. The number of hydrogen-bond acceptors (Lipinski definition) is 2. The van der Waals surface area contributed by atoms with Gasteiger partial charge in [-0.2, -0.15) is 0 Å². The normalized spacial score (nSPS) is 20.7. The minimum Gasteiger partial charge on any atom is -0.355 e. The van der Waals surface area contributed by atoms with E-state index in [1.165, 1.54) is 25.7 Å². The van der Waals surface area contributed by atoms with Gasteiger partial charge in [-0.25, -0.2) is 0 Å². The van der Waals surface area contributed by atoms with Crippen molar-refractivity contribution in [2.75, 3.05) is 13.1 Å². The van der Waals surface area contributed by atoms with Crippen molar-refractivity contribution >= 4 is 5.91 Å². The number of rotatable bonds is 5. The number of nitrogens with one attached hydrogen (secondary N) is 2. The molecule has 0 aliphatic heterocycles. The molecule has 0 aromatic carbocycles. The first-order chi connectivity index (χ1) is 7.53. The zero-order valence-electron chi connectivity index (χ0n) is 10.9. The Morgan fingerprint density at radius 2 is 1.94 bits per heavy atom. The first-order valence-corrected chi connectivity index (χ1v) is 6.53. The number of carbonyl (C=O) groups excluding carboxylic acids is 1. The van der Waals surface area contributed by atoms with Crippen molar-refractivity contribution in [3.05, 3.63) is 0 Å². The highest BCUT2D eigenvalue weighted by Gasteiger charge is 2.26. The summed E-state index contributed by atoms with van der Waals surface area (Å²) in [7, 11) is 0. The second-order valence-corrected chi connectivity index (χ2v) is 5.67. The quantitative estimate of drug-likeness (QED) is 0.753. The van der Waals surface area contributed by atoms with Gasteiger partial charge in [0.05, 0.1) is 6.54 Å². The highest BCUT2D eigenvalue weighted by atomic mass is 16.1. The molecule has 0 heterocycles. The van der Waals surface area contributed by atoms with E-state index >= 15 is 0 Å². The van der Waals surface area contributed by atoms with Crippen molar-refractivity contribution in [1.29, 1.82) is 0 Å². The lowest BCUT2D eigenvalue weighted by Gasteiger charge is -2.34. The van der Waals surface area contributed by atoms with Crippen LogP contribution in [0.4, 0.5) is 0 Å². The van der Waals surface area contributed by atoms with Crippen LogP contribution in [0.25, 0.3) is 0 Å². The molecule has 0 aromatic rings. The SMILES string of the molecule is CCCNC(=O)CNC1CCC(C)(C)CC1. The van der Waals surface area contributed by atoms with E-state index < -0.39 is 0 Å². The topological polar surface area (TPSA) is 41.1 Å². The largest absolute Gasteiger partial charge is 0.355 e. The fourth-order valence-corrected chi connectivity index (χ4v) is 2.17. The van der Waals surface area contributed by atoms with Gasteiger partial charge in [-0.3, -0.25) is 4.79 Å². The molecule has 3 nitrogen and oxygen atoms in total. The monoisotopic (exact) mass is 226 g/mol. The van der Waals surface area contributed by atoms with E-state index in [9.17, 15) is 4.79 Å². The van der Waals surface area contributed by atoms with Gasteiger partial charge in [0.25, 0.3) is 0 Å². The fourth-order valence-electron chi connectivity index (χ4n) is 2.17. The Hall–Kier alpha value is -0.570. The Morgan fingerprint density at radius 3 is 2.50 bits per heavy atom. The highest BCUT2D eigenvalue weighted by molar-refractivity contribution is 5.77. The maximum absolute atomic E-state index is 11.4. The molecule has 1 aliphatic rings. The average Bonchev–Trinajstić information content (AvgIpc) is 2.25. The minimum atomic E-state index is 0.131. The van der Waals surface area contributed by atoms with E-state index in [2.05, 4.69) is 31.4 Å². The molecule has 0 radical (unpaired) electrons. The average molecular weight is 226 g/mol. The number of carbonyl (C=O) groups is 1. The van der Waals surface area contributed by atoms with Crippen LogP contribution in [0.3, 0.4) is 0 Å². The van der Waals surface area contributed by atoms with Crippen molar-refractivity contribution in [2.24, 2.45) is 5.41 Å². The lowest BCUT2D eigenvalue weighted by Crippen LogP contribution is -2.41. The van der Waals surface area contributed by atoms with Gasteiger partial charge in [-0.15, -0.1) is 0 Å². The summed E-state index contributed by atoms with van der Waals surface area (Å²) in [4.78, 5) is 11.4. The molecule has 0 saturated heterocycles. The van der Waals surface area contributed by atoms with Crippen molar-refractivity contribution in [3.63, 3.8) is 0 Å². The van der Waals surface area contributed by atoms with Crippen LogP contribution in [0.2, 0.25) is 0 Å². The van der Waals surface area contributed by atoms with Crippen LogP contribution < -0.4 is 10.6 Å². The summed E-state index contributed by atoms with van der Waals surface area (Å²) in [5.74, 6) is 0.131. The zero-order valence-corrected chi connectivity index (χ0v) is 10.9. The van der Waals surface area contributed by atoms with Crippen LogP contribution >= 0.6 is 0 Å². The van der Waals surface area contributed by atoms with Gasteiger partial charge in [0, 0.05) is 12.6 Å². The fraction of sp³-hybridized carbons (Fsp3) is 0.923. The molecule has 0 atom stereocenters. The maximum Gasteiger partial charge on any atom is 0.233 e. The lowest BCUT2D eigenvalue weighted by molar-refractivity contribution is -0.120. The van der Waals surface area contributed by atoms with Gasteiger partial charge in [-0.1, -0.05) is 20.8 Å². The van der Waals surface area contributed by atoms with Crippen molar-refractivity contribution in [2.45, 2.75) is 58.9 Å². The molecule has 1 saturated carbocycles. The summed E-state index contributed by atoms with van der Waals surface area (Å²) in [5, 5.41) is 6.24. The summed E-state index contributed by atoms with van der Waals surface area (Å²) in [6.45, 7) is 7.99. The minimum absolute atomic E-state index is 0.131. The molecular weight excluding hydrogens is 200 g/mol. The molecular formula is C13H26N2O. The van der Waals surface area contributed by atoms with Gasteiger partial charge in [0.1, 0.15) is 0 Å². The third-order valence-corrected chi connectivity index (χ3v) is 3.46. The maximum atomic E-state index is 11.4. The molecule has 1 aliphatic carbocycles. The summed E-state index contributed by atoms with van der Waals surface area (Å²) < 4.78 is 0. The van der Waals surface area contributed by atoms with Gasteiger partial charge in [0.15, 0.2) is 0 Å². The predicted octanol–water partition coefficient (Wildman–Crippen LogP) is 2.07. The number of hydrogen-bond donors (Lipinski definition) is 2. The van der Waals surface area contributed by atoms with Crippen LogP contribution in [0.5, 0.6) is 0 Å². The molecule has 0 unspecified atom stereocenters. The second kappa shape index (κ2) is 6.24. The molecule has 0 aromatic heterocycles. The number of amides is 1. The third kappa shape index (κ3) is 4.97. The molecule has 16 heavy (non-hydrogen) atoms. The molecule has 1 rings (SSSR count). The lowest BCUT2D eigenvalue weighted by atomic mass is 9.75. The van der Waals surface area contributed by atoms with Crippen molar-refractivity contribution in [1.82, 2.24) is 10.6 Å². The summed E-state index contributed by atoms with van der Waals surface area (Å²) >= 11 is 0. The molecule has 94 valence electrons. The standard InChI is InChI=1S/C13H26N2O/c1-4-9-14-12(16)10-15-11-5-7-13(2,3)8-6-11/h11,15H,4-10H2,1-3H3,(H,14,16). The Labute approximate surface area is 99.4 Å². The molecule has 0 bridgehead atoms. The molecule has 3 heteroatoms. The van der Waals surface area contributed by atoms with Gasteiger partial charge >= 0.3 is 0 Å². The Kier molecular flexibility index (Phi) is 5.26. The van der Waals surface area contributed by atoms with E-state index in [-0.39, 0.29) is 5.91 Å². The van der Waals surface area contributed by atoms with E-state index in [1.807, 2.05) is 0 Å². The molecule has 0 spiro atoms. The first kappa shape index (κ1) is 13.5. The van der Waals surface area contributed by atoms with E-state index in [0.717, 1.165) is 13.0 Å². The third-order valence-electron chi connectivity index (χ3n) is 3.46. The predicted molar refractivity (Wildman–Crippen MR) is 67.3 cm³/mol. The first-order valence-electron chi connectivity index (χ1n) is 6.53. The van der Waals surface area contributed by atoms with Crippen molar-refractivity contribution in [3.8, 4) is 0 Å². The Balaban J connectivity index is 2.12. The smallest absolute Gasteiger partial charge is 0.233 e. The molecule has 2 N–H and O–H groups in total. The van der Waals surface area contributed by atoms with Crippen molar-refractivity contribution < 1.29 is 4.79 Å². The van der Waals surface area contributed by atoms with Gasteiger partial charge < -0.3 is 10.6 Å². The van der Waals surface area contributed by atoms with Gasteiger partial charge in [-0.05, 0) is 37.5 Å². The van der Waals surface area contributed by atoms with Crippen LogP contribution in [0, 0.1) is 5.41 Å². The summed E-state index contributed by atoms with van der Waals surface area (Å²) in [5.41, 5.74) is 0.503. The highest BCUT2D eigenvalue weighted by Crippen LogP contribution is 2.34. The van der Waals surface area contributed by atoms with Crippen LogP contribution in [0.1, 0.15) is 52.9 Å².